The van der Waals surface area contributed by atoms with Crippen molar-refractivity contribution in [3.05, 3.63) is 102 Å². The highest BCUT2D eigenvalue weighted by Crippen LogP contribution is 2.47. The van der Waals surface area contributed by atoms with Gasteiger partial charge in [0, 0.05) is 71.0 Å². The number of nitrogens with zero attached hydrogens (tertiary/aromatic N) is 2. The lowest BCUT2D eigenvalue weighted by Gasteiger charge is -2.35. The molecule has 0 spiro atoms. The van der Waals surface area contributed by atoms with E-state index in [2.05, 4.69) is 0 Å². The predicted octanol–water partition coefficient (Wildman–Crippen LogP) is 13.7. The first kappa shape index (κ1) is 48.2. The molecule has 1 fully saturated rings. The van der Waals surface area contributed by atoms with Crippen molar-refractivity contribution in [3.8, 4) is 0 Å². The average Bonchev–Trinajstić information content (AvgIpc) is 3.83. The SMILES string of the molecule is CC(=O)SCCCCCCCCCCC(CCCCCCCCCCSC(C)=O)N1C(=O)c2ccc3c4ccc5c6c(ccc(c7ccc(c2c37)C1=O)c64)C(=O)N(CC[C]1[CH][CH][CH][CH]1)C5=O. The number of carbonyl (C=O) groups excluding carboxylic acids is 6. The Hall–Kier alpha value is -4.28. The van der Waals surface area contributed by atoms with Crippen LogP contribution in [0.2, 0.25) is 0 Å². The number of hydrogen-bond donors (Lipinski definition) is 0. The van der Waals surface area contributed by atoms with Gasteiger partial charge in [-0.05, 0) is 120 Å². The largest absolute Gasteiger partial charge is 0.288 e. The van der Waals surface area contributed by atoms with E-state index in [1.807, 2.05) is 74.2 Å². The highest BCUT2D eigenvalue weighted by atomic mass is 32.2. The maximum absolute atomic E-state index is 14.8. The van der Waals surface area contributed by atoms with Gasteiger partial charge in [-0.3, -0.25) is 38.6 Å². The van der Waals surface area contributed by atoms with Crippen molar-refractivity contribution in [2.24, 2.45) is 0 Å². The van der Waals surface area contributed by atoms with Crippen molar-refractivity contribution in [1.82, 2.24) is 9.80 Å². The highest BCUT2D eigenvalue weighted by molar-refractivity contribution is 8.13. The Morgan fingerprint density at radius 1 is 0.455 bits per heavy atom. The number of imide groups is 2. The zero-order valence-corrected chi connectivity index (χ0v) is 40.4. The molecular formula is C56H63N2O6S2. The zero-order chi connectivity index (χ0) is 46.2. The summed E-state index contributed by atoms with van der Waals surface area (Å²) in [5.41, 5.74) is 2.14. The maximum Gasteiger partial charge on any atom is 0.261 e. The molecule has 4 amide bonds. The summed E-state index contributed by atoms with van der Waals surface area (Å²) < 4.78 is 0. The molecule has 5 aromatic carbocycles. The number of amides is 4. The van der Waals surface area contributed by atoms with Gasteiger partial charge in [0.05, 0.1) is 0 Å². The van der Waals surface area contributed by atoms with Gasteiger partial charge in [0.2, 0.25) is 0 Å². The van der Waals surface area contributed by atoms with Crippen molar-refractivity contribution in [3.63, 3.8) is 0 Å². The van der Waals surface area contributed by atoms with Crippen molar-refractivity contribution in [1.29, 1.82) is 0 Å². The minimum Gasteiger partial charge on any atom is -0.288 e. The van der Waals surface area contributed by atoms with Crippen LogP contribution in [0, 0.1) is 31.6 Å². The number of hydrogen-bond acceptors (Lipinski definition) is 8. The van der Waals surface area contributed by atoms with E-state index in [-0.39, 0.29) is 39.9 Å². The second kappa shape index (κ2) is 22.7. The van der Waals surface area contributed by atoms with Gasteiger partial charge in [-0.15, -0.1) is 0 Å². The molecule has 0 bridgehead atoms. The predicted molar refractivity (Wildman–Crippen MR) is 272 cm³/mol. The van der Waals surface area contributed by atoms with Gasteiger partial charge in [0.15, 0.2) is 10.2 Å². The minimum absolute atomic E-state index is 0.186. The number of carbonyl (C=O) groups is 6. The minimum atomic E-state index is -0.287. The van der Waals surface area contributed by atoms with Crippen molar-refractivity contribution in [2.75, 3.05) is 18.1 Å². The molecule has 0 aromatic heterocycles. The fourth-order valence-corrected chi connectivity index (χ4v) is 11.9. The molecule has 2 aliphatic heterocycles. The lowest BCUT2D eigenvalue weighted by atomic mass is 9.82. The van der Waals surface area contributed by atoms with Crippen LogP contribution in [0.4, 0.5) is 0 Å². The van der Waals surface area contributed by atoms with Crippen LogP contribution < -0.4 is 0 Å². The normalized spacial score (nSPS) is 15.4. The van der Waals surface area contributed by atoms with Gasteiger partial charge in [0.25, 0.3) is 23.6 Å². The topological polar surface area (TPSA) is 109 Å². The molecule has 3 aliphatic rings. The smallest absolute Gasteiger partial charge is 0.261 e. The fraction of sp³-hybridized carbons (Fsp3) is 0.446. The molecule has 2 heterocycles. The van der Waals surface area contributed by atoms with Crippen molar-refractivity contribution in [2.45, 2.75) is 142 Å². The summed E-state index contributed by atoms with van der Waals surface area (Å²) >= 11 is 2.83. The summed E-state index contributed by atoms with van der Waals surface area (Å²) in [6.45, 7) is 3.56. The fourth-order valence-electron chi connectivity index (χ4n) is 10.6. The summed E-state index contributed by atoms with van der Waals surface area (Å²) in [6, 6.07) is 15.2. The monoisotopic (exact) mass is 923 g/mol. The average molecular weight is 924 g/mol. The lowest BCUT2D eigenvalue weighted by Crippen LogP contribution is -2.47. The molecule has 8 rings (SSSR count). The maximum atomic E-state index is 14.8. The first-order valence-electron chi connectivity index (χ1n) is 24.6. The summed E-state index contributed by atoms with van der Waals surface area (Å²) in [7, 11) is 0. The Morgan fingerprint density at radius 3 is 1.18 bits per heavy atom. The molecule has 345 valence electrons. The molecule has 10 heteroatoms. The molecule has 0 saturated heterocycles. The van der Waals surface area contributed by atoms with Crippen LogP contribution in [0.5, 0.6) is 0 Å². The summed E-state index contributed by atoms with van der Waals surface area (Å²) in [5, 5.41) is 7.07. The molecule has 1 saturated carbocycles. The molecule has 1 aliphatic carbocycles. The Kier molecular flexibility index (Phi) is 16.6. The lowest BCUT2D eigenvalue weighted by molar-refractivity contribution is -0.109. The first-order chi connectivity index (χ1) is 32.2. The van der Waals surface area contributed by atoms with Crippen LogP contribution >= 0.6 is 23.5 Å². The summed E-state index contributed by atoms with van der Waals surface area (Å²) in [6.07, 6.45) is 27.9. The van der Waals surface area contributed by atoms with Crippen molar-refractivity contribution >= 4 is 100 Å². The third-order valence-corrected chi connectivity index (χ3v) is 15.7. The van der Waals surface area contributed by atoms with Crippen LogP contribution in [-0.4, -0.2) is 67.8 Å². The van der Waals surface area contributed by atoms with E-state index < -0.39 is 0 Å². The first-order valence-corrected chi connectivity index (χ1v) is 26.5. The number of fused-ring (bicyclic) bond motifs is 2. The Bertz CT molecular complexity index is 2440. The second-order valence-electron chi connectivity index (χ2n) is 18.5. The molecule has 66 heavy (non-hydrogen) atoms. The van der Waals surface area contributed by atoms with Crippen LogP contribution in [0.1, 0.15) is 177 Å². The molecule has 5 aromatic rings. The van der Waals surface area contributed by atoms with E-state index in [0.717, 1.165) is 127 Å². The number of thioether (sulfide) groups is 2. The van der Waals surface area contributed by atoms with E-state index in [0.29, 0.717) is 46.0 Å². The number of unbranched alkanes of at least 4 members (excludes halogenated alkanes) is 14. The van der Waals surface area contributed by atoms with Crippen LogP contribution in [0.25, 0.3) is 43.1 Å². The van der Waals surface area contributed by atoms with Gasteiger partial charge in [-0.25, -0.2) is 0 Å². The third-order valence-electron chi connectivity index (χ3n) is 13.9. The van der Waals surface area contributed by atoms with Crippen LogP contribution in [-0.2, 0) is 9.59 Å². The van der Waals surface area contributed by atoms with E-state index in [1.165, 1.54) is 66.9 Å². The third kappa shape index (κ3) is 10.5. The molecule has 0 atom stereocenters. The van der Waals surface area contributed by atoms with E-state index in [1.54, 1.807) is 18.7 Å². The molecule has 0 unspecified atom stereocenters. The van der Waals surface area contributed by atoms with Gasteiger partial charge in [-0.1, -0.05) is 138 Å². The van der Waals surface area contributed by atoms with Gasteiger partial charge in [0.1, 0.15) is 0 Å². The highest BCUT2D eigenvalue weighted by Gasteiger charge is 2.39. The Balaban J connectivity index is 0.989. The summed E-state index contributed by atoms with van der Waals surface area (Å²) in [5.74, 6) is 1.88. The van der Waals surface area contributed by atoms with Gasteiger partial charge >= 0.3 is 0 Å². The molecule has 8 nitrogen and oxygen atoms in total. The summed E-state index contributed by atoms with van der Waals surface area (Å²) in [4.78, 5) is 83.0. The molecular weight excluding hydrogens is 861 g/mol. The quantitative estimate of drug-likeness (QED) is 0.0233. The van der Waals surface area contributed by atoms with E-state index >= 15 is 0 Å². The van der Waals surface area contributed by atoms with E-state index in [9.17, 15) is 28.8 Å². The second-order valence-corrected chi connectivity index (χ2v) is 21.0. The molecule has 0 N–H and O–H groups in total. The van der Waals surface area contributed by atoms with E-state index in [4.69, 9.17) is 0 Å². The Labute approximate surface area is 399 Å². The standard InChI is InChI=1S/C56H63N2O6S2/c1-37(59)65-35-19-13-9-5-3-7-11-15-23-40(24-16-12-8-4-6-10-14-20-36-66-38(2)60)58-55(63)47-31-27-43-41-25-29-45-51-46(54(62)57(53(45)61)34-33-39-21-17-18-22-39)30-26-42(49(41)51)44-28-32-48(56(58)64)52(47)50(43)44/h17-18,21-22,25-32,40H,3-16,19-20,23-24,33-36H2,1-2H3. The van der Waals surface area contributed by atoms with Crippen LogP contribution in [0.3, 0.4) is 0 Å². The van der Waals surface area contributed by atoms with Crippen molar-refractivity contribution < 1.29 is 28.8 Å². The molecule has 5 radical (unpaired) electrons. The Morgan fingerprint density at radius 2 is 0.803 bits per heavy atom. The van der Waals surface area contributed by atoms with Gasteiger partial charge < -0.3 is 0 Å². The number of rotatable bonds is 26. The van der Waals surface area contributed by atoms with Gasteiger partial charge in [-0.2, -0.15) is 0 Å². The zero-order valence-electron chi connectivity index (χ0n) is 38.7. The number of benzene rings is 5. The van der Waals surface area contributed by atoms with Crippen LogP contribution in [0.15, 0.2) is 48.5 Å².